The molecule has 0 aromatic carbocycles. The van der Waals surface area contributed by atoms with Gasteiger partial charge in [0.1, 0.15) is 11.5 Å². The summed E-state index contributed by atoms with van der Waals surface area (Å²) in [6.45, 7) is 3.02. The number of amides is 1. The van der Waals surface area contributed by atoms with Gasteiger partial charge in [0.05, 0.1) is 0 Å². The van der Waals surface area contributed by atoms with Gasteiger partial charge in [-0.2, -0.15) is 0 Å². The first-order chi connectivity index (χ1) is 9.06. The SMILES string of the molecule is CN1CCC(CN(C)C(=O)c2cccc(N)n2)CC1. The van der Waals surface area contributed by atoms with Crippen LogP contribution in [0.25, 0.3) is 0 Å². The summed E-state index contributed by atoms with van der Waals surface area (Å²) in [5.41, 5.74) is 6.04. The Kier molecular flexibility index (Phi) is 4.37. The number of hydrogen-bond donors (Lipinski definition) is 1. The standard InChI is InChI=1S/C14H22N4O/c1-17-8-6-11(7-9-17)10-18(2)14(19)12-4-3-5-13(15)16-12/h3-5,11H,6-10H2,1-2H3,(H2,15,16). The predicted molar refractivity (Wildman–Crippen MR) is 75.8 cm³/mol. The maximum absolute atomic E-state index is 12.2. The van der Waals surface area contributed by atoms with Crippen molar-refractivity contribution in [3.05, 3.63) is 23.9 Å². The van der Waals surface area contributed by atoms with E-state index in [9.17, 15) is 4.79 Å². The van der Waals surface area contributed by atoms with E-state index >= 15 is 0 Å². The van der Waals surface area contributed by atoms with Crippen molar-refractivity contribution in [1.29, 1.82) is 0 Å². The topological polar surface area (TPSA) is 62.5 Å². The van der Waals surface area contributed by atoms with Gasteiger partial charge in [0.2, 0.25) is 0 Å². The number of nitrogens with zero attached hydrogens (tertiary/aromatic N) is 3. The number of likely N-dealkylation sites (tertiary alicyclic amines) is 1. The highest BCUT2D eigenvalue weighted by molar-refractivity contribution is 5.92. The molecule has 0 unspecified atom stereocenters. The highest BCUT2D eigenvalue weighted by Crippen LogP contribution is 2.17. The van der Waals surface area contributed by atoms with E-state index in [1.54, 1.807) is 23.1 Å². The number of anilines is 1. The maximum Gasteiger partial charge on any atom is 0.272 e. The van der Waals surface area contributed by atoms with Crippen LogP contribution in [0.4, 0.5) is 5.82 Å². The van der Waals surface area contributed by atoms with E-state index in [0.29, 0.717) is 17.4 Å². The van der Waals surface area contributed by atoms with Crippen molar-refractivity contribution in [3.63, 3.8) is 0 Å². The molecule has 1 aliphatic heterocycles. The first kappa shape index (κ1) is 13.8. The minimum atomic E-state index is -0.0498. The second-order valence-corrected chi connectivity index (χ2v) is 5.38. The van der Waals surface area contributed by atoms with Gasteiger partial charge in [0.15, 0.2) is 0 Å². The minimum absolute atomic E-state index is 0.0498. The first-order valence-electron chi connectivity index (χ1n) is 6.73. The van der Waals surface area contributed by atoms with Crippen LogP contribution in [0, 0.1) is 5.92 Å². The molecule has 0 radical (unpaired) electrons. The summed E-state index contributed by atoms with van der Waals surface area (Å²) >= 11 is 0. The lowest BCUT2D eigenvalue weighted by molar-refractivity contribution is 0.0741. The number of pyridine rings is 1. The molecule has 1 amide bonds. The van der Waals surface area contributed by atoms with Gasteiger partial charge in [0.25, 0.3) is 5.91 Å². The molecule has 0 atom stereocenters. The maximum atomic E-state index is 12.2. The summed E-state index contributed by atoms with van der Waals surface area (Å²) in [7, 11) is 3.98. The van der Waals surface area contributed by atoms with Gasteiger partial charge in [-0.15, -0.1) is 0 Å². The lowest BCUT2D eigenvalue weighted by Gasteiger charge is -2.31. The van der Waals surface area contributed by atoms with Crippen molar-refractivity contribution in [2.45, 2.75) is 12.8 Å². The smallest absolute Gasteiger partial charge is 0.272 e. The predicted octanol–water partition coefficient (Wildman–Crippen LogP) is 1.08. The number of piperidine rings is 1. The third-order valence-electron chi connectivity index (χ3n) is 3.71. The van der Waals surface area contributed by atoms with E-state index in [2.05, 4.69) is 16.9 Å². The quantitative estimate of drug-likeness (QED) is 0.885. The molecule has 0 spiro atoms. The van der Waals surface area contributed by atoms with Gasteiger partial charge in [-0.1, -0.05) is 6.07 Å². The Bertz CT molecular complexity index is 441. The minimum Gasteiger partial charge on any atom is -0.384 e. The fourth-order valence-corrected chi connectivity index (χ4v) is 2.48. The second kappa shape index (κ2) is 6.02. The Morgan fingerprint density at radius 2 is 2.16 bits per heavy atom. The van der Waals surface area contributed by atoms with Crippen molar-refractivity contribution in [2.24, 2.45) is 5.92 Å². The van der Waals surface area contributed by atoms with Crippen LogP contribution in [0.15, 0.2) is 18.2 Å². The molecule has 1 saturated heterocycles. The summed E-state index contributed by atoms with van der Waals surface area (Å²) in [6.07, 6.45) is 2.30. The summed E-state index contributed by atoms with van der Waals surface area (Å²) in [4.78, 5) is 20.4. The Balaban J connectivity index is 1.92. The molecule has 0 saturated carbocycles. The summed E-state index contributed by atoms with van der Waals surface area (Å²) in [5, 5.41) is 0. The van der Waals surface area contributed by atoms with Crippen molar-refractivity contribution in [1.82, 2.24) is 14.8 Å². The number of nitrogens with two attached hydrogens (primary N) is 1. The largest absolute Gasteiger partial charge is 0.384 e. The lowest BCUT2D eigenvalue weighted by Crippen LogP contribution is -2.38. The highest BCUT2D eigenvalue weighted by atomic mass is 16.2. The number of nitrogen functional groups attached to an aromatic ring is 1. The van der Waals surface area contributed by atoms with Gasteiger partial charge in [0, 0.05) is 13.6 Å². The third kappa shape index (κ3) is 3.67. The van der Waals surface area contributed by atoms with Gasteiger partial charge >= 0.3 is 0 Å². The van der Waals surface area contributed by atoms with Crippen molar-refractivity contribution < 1.29 is 4.79 Å². The number of aromatic nitrogens is 1. The van der Waals surface area contributed by atoms with E-state index in [-0.39, 0.29) is 5.91 Å². The van der Waals surface area contributed by atoms with Crippen LogP contribution in [0.1, 0.15) is 23.3 Å². The Morgan fingerprint density at radius 3 is 2.79 bits per heavy atom. The molecule has 2 heterocycles. The van der Waals surface area contributed by atoms with Crippen LogP contribution >= 0.6 is 0 Å². The zero-order valence-corrected chi connectivity index (χ0v) is 11.7. The third-order valence-corrected chi connectivity index (χ3v) is 3.71. The fraction of sp³-hybridized carbons (Fsp3) is 0.571. The average Bonchev–Trinajstić information content (AvgIpc) is 2.40. The van der Waals surface area contributed by atoms with E-state index in [0.717, 1.165) is 32.5 Å². The second-order valence-electron chi connectivity index (χ2n) is 5.38. The van der Waals surface area contributed by atoms with Gasteiger partial charge in [-0.3, -0.25) is 4.79 Å². The molecule has 1 aliphatic rings. The summed E-state index contributed by atoms with van der Waals surface area (Å²) in [5.74, 6) is 0.927. The molecule has 0 bridgehead atoms. The Hall–Kier alpha value is -1.62. The monoisotopic (exact) mass is 262 g/mol. The molecule has 19 heavy (non-hydrogen) atoms. The normalized spacial score (nSPS) is 17.4. The van der Waals surface area contributed by atoms with Crippen molar-refractivity contribution in [3.8, 4) is 0 Å². The molecule has 5 nitrogen and oxygen atoms in total. The molecular weight excluding hydrogens is 240 g/mol. The average molecular weight is 262 g/mol. The van der Waals surface area contributed by atoms with Gasteiger partial charge < -0.3 is 15.5 Å². The molecule has 2 N–H and O–H groups in total. The van der Waals surface area contributed by atoms with Crippen LogP contribution < -0.4 is 5.73 Å². The van der Waals surface area contributed by atoms with E-state index < -0.39 is 0 Å². The zero-order valence-electron chi connectivity index (χ0n) is 11.7. The molecule has 1 aromatic heterocycles. The van der Waals surface area contributed by atoms with E-state index in [4.69, 9.17) is 5.73 Å². The Morgan fingerprint density at radius 1 is 1.47 bits per heavy atom. The number of hydrogen-bond acceptors (Lipinski definition) is 4. The van der Waals surface area contributed by atoms with Crippen LogP contribution in [-0.2, 0) is 0 Å². The first-order valence-corrected chi connectivity index (χ1v) is 6.73. The van der Waals surface area contributed by atoms with E-state index in [1.807, 2.05) is 7.05 Å². The summed E-state index contributed by atoms with van der Waals surface area (Å²) < 4.78 is 0. The highest BCUT2D eigenvalue weighted by Gasteiger charge is 2.21. The van der Waals surface area contributed by atoms with Crippen LogP contribution in [0.3, 0.4) is 0 Å². The van der Waals surface area contributed by atoms with Crippen LogP contribution in [0.2, 0.25) is 0 Å². The molecule has 1 fully saturated rings. The zero-order chi connectivity index (χ0) is 13.8. The van der Waals surface area contributed by atoms with Crippen molar-refractivity contribution >= 4 is 11.7 Å². The number of carbonyl (C=O) groups excluding carboxylic acids is 1. The lowest BCUT2D eigenvalue weighted by atomic mass is 9.96. The molecule has 1 aromatic rings. The molecule has 2 rings (SSSR count). The molecule has 104 valence electrons. The van der Waals surface area contributed by atoms with Crippen molar-refractivity contribution in [2.75, 3.05) is 39.5 Å². The number of carbonyl (C=O) groups is 1. The molecule has 5 heteroatoms. The molecule has 0 aliphatic carbocycles. The van der Waals surface area contributed by atoms with Gasteiger partial charge in [-0.05, 0) is 51.0 Å². The van der Waals surface area contributed by atoms with Crippen LogP contribution in [-0.4, -0.2) is 54.4 Å². The summed E-state index contributed by atoms with van der Waals surface area (Å²) in [6, 6.07) is 5.16. The Labute approximate surface area is 114 Å². The molecular formula is C14H22N4O. The fourth-order valence-electron chi connectivity index (χ4n) is 2.48. The van der Waals surface area contributed by atoms with Crippen LogP contribution in [0.5, 0.6) is 0 Å². The van der Waals surface area contributed by atoms with Gasteiger partial charge in [-0.25, -0.2) is 4.98 Å². The van der Waals surface area contributed by atoms with E-state index in [1.165, 1.54) is 0 Å². The number of rotatable bonds is 3.